The third kappa shape index (κ3) is 4.47. The van der Waals surface area contributed by atoms with Crippen LogP contribution in [0.4, 0.5) is 5.69 Å². The van der Waals surface area contributed by atoms with E-state index in [0.717, 1.165) is 12.1 Å². The number of carbonyl (C=O) groups is 1. The Morgan fingerprint density at radius 2 is 2.15 bits per heavy atom. The quantitative estimate of drug-likeness (QED) is 0.875. The fourth-order valence-corrected chi connectivity index (χ4v) is 3.95. The number of hydrogen-bond donors (Lipinski definition) is 2. The lowest BCUT2D eigenvalue weighted by Gasteiger charge is -2.10. The molecule has 1 aromatic rings. The van der Waals surface area contributed by atoms with E-state index in [9.17, 15) is 13.2 Å². The van der Waals surface area contributed by atoms with Crippen molar-refractivity contribution in [3.8, 4) is 0 Å². The number of anilines is 1. The maximum absolute atomic E-state index is 12.0. The number of hydrogen-bond acceptors (Lipinski definition) is 4. The highest BCUT2D eigenvalue weighted by molar-refractivity contribution is 7.91. The SMILES string of the molecule is CNCc1cccc(NC(=O)C2CCS(=O)(=O)C2)c1.Cl. The van der Waals surface area contributed by atoms with Gasteiger partial charge in [0.05, 0.1) is 17.4 Å². The summed E-state index contributed by atoms with van der Waals surface area (Å²) in [5, 5.41) is 5.83. The van der Waals surface area contributed by atoms with Gasteiger partial charge in [-0.2, -0.15) is 0 Å². The van der Waals surface area contributed by atoms with Crippen molar-refractivity contribution in [3.05, 3.63) is 29.8 Å². The van der Waals surface area contributed by atoms with Crippen molar-refractivity contribution >= 4 is 33.8 Å². The second-order valence-electron chi connectivity index (χ2n) is 4.82. The van der Waals surface area contributed by atoms with Crippen molar-refractivity contribution in [1.82, 2.24) is 5.32 Å². The van der Waals surface area contributed by atoms with Crippen LogP contribution < -0.4 is 10.6 Å². The zero-order valence-electron chi connectivity index (χ0n) is 11.3. The van der Waals surface area contributed by atoms with Crippen molar-refractivity contribution in [1.29, 1.82) is 0 Å². The molecule has 1 amide bonds. The van der Waals surface area contributed by atoms with E-state index in [-0.39, 0.29) is 29.8 Å². The second-order valence-corrected chi connectivity index (χ2v) is 7.05. The molecule has 1 aliphatic rings. The topological polar surface area (TPSA) is 75.3 Å². The zero-order valence-corrected chi connectivity index (χ0v) is 12.9. The molecule has 5 nitrogen and oxygen atoms in total. The summed E-state index contributed by atoms with van der Waals surface area (Å²) in [6.45, 7) is 0.724. The Hall–Kier alpha value is -1.11. The minimum Gasteiger partial charge on any atom is -0.326 e. The largest absolute Gasteiger partial charge is 0.326 e. The summed E-state index contributed by atoms with van der Waals surface area (Å²) in [6.07, 6.45) is 0.421. The molecule has 0 radical (unpaired) electrons. The normalized spacial score (nSPS) is 20.1. The summed E-state index contributed by atoms with van der Waals surface area (Å²) >= 11 is 0. The van der Waals surface area contributed by atoms with Gasteiger partial charge in [-0.25, -0.2) is 8.42 Å². The standard InChI is InChI=1S/C13H18N2O3S.ClH/c1-14-8-10-3-2-4-12(7-10)15-13(16)11-5-6-19(17,18)9-11;/h2-4,7,11,14H,5-6,8-9H2,1H3,(H,15,16);1H. The van der Waals surface area contributed by atoms with Crippen LogP contribution in [0.5, 0.6) is 0 Å². The fraction of sp³-hybridized carbons (Fsp3) is 0.462. The van der Waals surface area contributed by atoms with Crippen molar-refractivity contribution in [3.63, 3.8) is 0 Å². The number of nitrogens with one attached hydrogen (secondary N) is 2. The highest BCUT2D eigenvalue weighted by Gasteiger charge is 2.32. The van der Waals surface area contributed by atoms with Gasteiger partial charge >= 0.3 is 0 Å². The molecule has 1 aromatic carbocycles. The Bertz CT molecular complexity index is 575. The summed E-state index contributed by atoms with van der Waals surface area (Å²) in [4.78, 5) is 12.0. The maximum atomic E-state index is 12.0. The van der Waals surface area contributed by atoms with Gasteiger partial charge in [0.2, 0.25) is 5.91 Å². The van der Waals surface area contributed by atoms with Crippen molar-refractivity contribution in [2.45, 2.75) is 13.0 Å². The van der Waals surface area contributed by atoms with Crippen LogP contribution in [0.3, 0.4) is 0 Å². The molecule has 2 N–H and O–H groups in total. The van der Waals surface area contributed by atoms with Gasteiger partial charge in [0.1, 0.15) is 0 Å². The van der Waals surface area contributed by atoms with E-state index in [0.29, 0.717) is 12.1 Å². The Labute approximate surface area is 125 Å². The molecule has 0 bridgehead atoms. The number of halogens is 1. The predicted octanol–water partition coefficient (Wildman–Crippen LogP) is 1.20. The first-order valence-corrected chi connectivity index (χ1v) is 8.07. The number of carbonyl (C=O) groups excluding carboxylic acids is 1. The number of rotatable bonds is 4. The van der Waals surface area contributed by atoms with E-state index in [4.69, 9.17) is 0 Å². The average Bonchev–Trinajstić information content (AvgIpc) is 2.71. The molecule has 1 saturated heterocycles. The molecule has 0 saturated carbocycles. The molecule has 112 valence electrons. The summed E-state index contributed by atoms with van der Waals surface area (Å²) in [6, 6.07) is 7.53. The molecule has 1 heterocycles. The van der Waals surface area contributed by atoms with Crippen LogP contribution in [0.15, 0.2) is 24.3 Å². The third-order valence-corrected chi connectivity index (χ3v) is 4.95. The minimum absolute atomic E-state index is 0. The van der Waals surface area contributed by atoms with Gasteiger partial charge in [-0.1, -0.05) is 12.1 Å². The molecular formula is C13H19ClN2O3S. The van der Waals surface area contributed by atoms with Gasteiger partial charge in [0.25, 0.3) is 0 Å². The molecule has 1 unspecified atom stereocenters. The Morgan fingerprint density at radius 3 is 2.75 bits per heavy atom. The van der Waals surface area contributed by atoms with E-state index in [1.54, 1.807) is 6.07 Å². The Morgan fingerprint density at radius 1 is 1.40 bits per heavy atom. The summed E-state index contributed by atoms with van der Waals surface area (Å²) in [7, 11) is -1.16. The lowest BCUT2D eigenvalue weighted by molar-refractivity contribution is -0.119. The predicted molar refractivity (Wildman–Crippen MR) is 81.8 cm³/mol. The maximum Gasteiger partial charge on any atom is 0.228 e. The van der Waals surface area contributed by atoms with Gasteiger partial charge in [-0.05, 0) is 31.2 Å². The second kappa shape index (κ2) is 7.06. The molecule has 0 aliphatic carbocycles. The molecule has 1 aliphatic heterocycles. The first-order chi connectivity index (χ1) is 9.00. The van der Waals surface area contributed by atoms with Crippen LogP contribution in [0.2, 0.25) is 0 Å². The Balaban J connectivity index is 0.00000200. The van der Waals surface area contributed by atoms with Gasteiger partial charge in [-0.15, -0.1) is 12.4 Å². The molecule has 20 heavy (non-hydrogen) atoms. The molecule has 0 aromatic heterocycles. The molecule has 0 spiro atoms. The van der Waals surface area contributed by atoms with E-state index >= 15 is 0 Å². The average molecular weight is 319 g/mol. The molecular weight excluding hydrogens is 300 g/mol. The summed E-state index contributed by atoms with van der Waals surface area (Å²) in [5.74, 6) is -0.541. The fourth-order valence-electron chi connectivity index (χ4n) is 2.21. The lowest BCUT2D eigenvalue weighted by atomic mass is 10.1. The van der Waals surface area contributed by atoms with E-state index < -0.39 is 15.8 Å². The van der Waals surface area contributed by atoms with Crippen LogP contribution in [0.1, 0.15) is 12.0 Å². The van der Waals surface area contributed by atoms with Crippen molar-refractivity contribution in [2.75, 3.05) is 23.9 Å². The smallest absolute Gasteiger partial charge is 0.228 e. The summed E-state index contributed by atoms with van der Waals surface area (Å²) in [5.41, 5.74) is 1.78. The van der Waals surface area contributed by atoms with Crippen LogP contribution in [-0.4, -0.2) is 32.9 Å². The molecule has 2 rings (SSSR count). The highest BCUT2D eigenvalue weighted by Crippen LogP contribution is 2.20. The van der Waals surface area contributed by atoms with E-state index in [1.807, 2.05) is 25.2 Å². The molecule has 1 atom stereocenters. The van der Waals surface area contributed by atoms with Gasteiger partial charge in [-0.3, -0.25) is 4.79 Å². The third-order valence-electron chi connectivity index (χ3n) is 3.18. The lowest BCUT2D eigenvalue weighted by Crippen LogP contribution is -2.23. The monoisotopic (exact) mass is 318 g/mol. The summed E-state index contributed by atoms with van der Waals surface area (Å²) < 4.78 is 22.7. The molecule has 1 fully saturated rings. The van der Waals surface area contributed by atoms with Crippen molar-refractivity contribution in [2.24, 2.45) is 5.92 Å². The van der Waals surface area contributed by atoms with Crippen LogP contribution in [0.25, 0.3) is 0 Å². The first kappa shape index (κ1) is 16.9. The zero-order chi connectivity index (χ0) is 13.9. The van der Waals surface area contributed by atoms with Gasteiger partial charge in [0, 0.05) is 12.2 Å². The minimum atomic E-state index is -3.02. The van der Waals surface area contributed by atoms with Crippen molar-refractivity contribution < 1.29 is 13.2 Å². The van der Waals surface area contributed by atoms with E-state index in [2.05, 4.69) is 10.6 Å². The van der Waals surface area contributed by atoms with Gasteiger partial charge < -0.3 is 10.6 Å². The van der Waals surface area contributed by atoms with Gasteiger partial charge in [0.15, 0.2) is 9.84 Å². The van der Waals surface area contributed by atoms with E-state index in [1.165, 1.54) is 0 Å². The highest BCUT2D eigenvalue weighted by atomic mass is 35.5. The van der Waals surface area contributed by atoms with Crippen LogP contribution in [-0.2, 0) is 21.2 Å². The van der Waals surface area contributed by atoms with Crippen LogP contribution in [0, 0.1) is 5.92 Å². The number of sulfone groups is 1. The number of amides is 1. The Kier molecular flexibility index (Phi) is 5.98. The first-order valence-electron chi connectivity index (χ1n) is 6.25. The van der Waals surface area contributed by atoms with Crippen LogP contribution >= 0.6 is 12.4 Å². The molecule has 7 heteroatoms. The number of benzene rings is 1.